The highest BCUT2D eigenvalue weighted by Gasteiger charge is 2.04. The van der Waals surface area contributed by atoms with Gasteiger partial charge in [-0.05, 0) is 6.42 Å². The van der Waals surface area contributed by atoms with Gasteiger partial charge in [0, 0.05) is 6.42 Å². The predicted molar refractivity (Wildman–Crippen MR) is 47.9 cm³/mol. The van der Waals surface area contributed by atoms with Crippen LogP contribution in [0.5, 0.6) is 0 Å². The Hall–Kier alpha value is -2.01. The summed E-state index contributed by atoms with van der Waals surface area (Å²) in [5.74, 6) is 0.556. The molecule has 0 aliphatic carbocycles. The monoisotopic (exact) mass is 187 g/mol. The third-order valence-corrected chi connectivity index (χ3v) is 1.64. The van der Waals surface area contributed by atoms with Gasteiger partial charge in [0.05, 0.1) is 0 Å². The van der Waals surface area contributed by atoms with Crippen LogP contribution in [0.3, 0.4) is 0 Å². The summed E-state index contributed by atoms with van der Waals surface area (Å²) in [4.78, 5) is 11.4. The number of aryl methyl sites for hydroxylation is 1. The lowest BCUT2D eigenvalue weighted by Crippen LogP contribution is -2.03. The lowest BCUT2D eigenvalue weighted by molar-refractivity contribution is 0.737. The lowest BCUT2D eigenvalue weighted by atomic mass is 10.2. The summed E-state index contributed by atoms with van der Waals surface area (Å²) in [6.07, 6.45) is 2.65. The lowest BCUT2D eigenvalue weighted by Gasteiger charge is -1.97. The summed E-state index contributed by atoms with van der Waals surface area (Å²) in [5.41, 5.74) is 0. The number of aromatic nitrogens is 3. The molecule has 1 aromatic rings. The zero-order valence-corrected chi connectivity index (χ0v) is 7.86. The zero-order chi connectivity index (χ0) is 10.4. The number of unbranched alkanes of at least 4 members (excludes halogenated alkanes) is 1. The van der Waals surface area contributed by atoms with Gasteiger partial charge in [-0.15, -0.1) is 0 Å². The zero-order valence-electron chi connectivity index (χ0n) is 7.86. The number of hydrogen-bond donors (Lipinski definition) is 0. The molecule has 0 fully saturated rings. The Morgan fingerprint density at radius 3 is 2.07 bits per heavy atom. The fraction of sp³-hybridized carbons (Fsp3) is 0.444. The molecule has 0 aliphatic heterocycles. The molecule has 0 aromatic carbocycles. The molecule has 5 nitrogen and oxygen atoms in total. The van der Waals surface area contributed by atoms with E-state index in [0.29, 0.717) is 12.2 Å². The van der Waals surface area contributed by atoms with Gasteiger partial charge in [0.1, 0.15) is 18.0 Å². The van der Waals surface area contributed by atoms with E-state index in [1.165, 1.54) is 0 Å². The van der Waals surface area contributed by atoms with Crippen molar-refractivity contribution in [2.75, 3.05) is 0 Å². The fourth-order valence-electron chi connectivity index (χ4n) is 0.966. The van der Waals surface area contributed by atoms with Crippen molar-refractivity contribution in [1.82, 2.24) is 15.0 Å². The molecular formula is C9H9N5. The van der Waals surface area contributed by atoms with Crippen molar-refractivity contribution >= 4 is 0 Å². The van der Waals surface area contributed by atoms with Crippen LogP contribution in [-0.2, 0) is 6.42 Å². The minimum Gasteiger partial charge on any atom is -0.204 e. The summed E-state index contributed by atoms with van der Waals surface area (Å²) < 4.78 is 0. The molecule has 70 valence electrons. The standard InChI is InChI=1S/C9H9N5/c1-2-3-4-7-12-8(5-10)14-9(6-11)13-7/h2-4H2,1H3. The average Bonchev–Trinajstić information content (AvgIpc) is 2.25. The van der Waals surface area contributed by atoms with E-state index in [2.05, 4.69) is 21.9 Å². The number of nitrogens with zero attached hydrogens (tertiary/aromatic N) is 5. The Kier molecular flexibility index (Phi) is 3.51. The van der Waals surface area contributed by atoms with E-state index in [0.717, 1.165) is 12.8 Å². The van der Waals surface area contributed by atoms with E-state index in [-0.39, 0.29) is 11.6 Å². The highest BCUT2D eigenvalue weighted by Crippen LogP contribution is 2.00. The van der Waals surface area contributed by atoms with Crippen molar-refractivity contribution in [3.63, 3.8) is 0 Å². The van der Waals surface area contributed by atoms with E-state index in [4.69, 9.17) is 10.5 Å². The van der Waals surface area contributed by atoms with Gasteiger partial charge >= 0.3 is 0 Å². The largest absolute Gasteiger partial charge is 0.236 e. The number of rotatable bonds is 3. The Morgan fingerprint density at radius 2 is 1.64 bits per heavy atom. The third-order valence-electron chi connectivity index (χ3n) is 1.64. The normalized spacial score (nSPS) is 9.07. The van der Waals surface area contributed by atoms with Crippen LogP contribution in [-0.4, -0.2) is 15.0 Å². The minimum absolute atomic E-state index is 0.0163. The second-order valence-corrected chi connectivity index (χ2v) is 2.73. The summed E-state index contributed by atoms with van der Waals surface area (Å²) in [6.45, 7) is 2.05. The molecule has 1 aromatic heterocycles. The topological polar surface area (TPSA) is 86.2 Å². The highest BCUT2D eigenvalue weighted by atomic mass is 15.0. The van der Waals surface area contributed by atoms with E-state index in [1.807, 2.05) is 0 Å². The van der Waals surface area contributed by atoms with Crippen LogP contribution in [0.2, 0.25) is 0 Å². The SMILES string of the molecule is CCCCc1nc(C#N)nc(C#N)n1. The maximum Gasteiger partial charge on any atom is 0.236 e. The van der Waals surface area contributed by atoms with Gasteiger partial charge < -0.3 is 0 Å². The molecule has 1 heterocycles. The first kappa shape index (κ1) is 10.1. The summed E-state index contributed by atoms with van der Waals surface area (Å²) in [5, 5.41) is 17.2. The molecule has 0 radical (unpaired) electrons. The van der Waals surface area contributed by atoms with Crippen LogP contribution in [0, 0.1) is 22.7 Å². The van der Waals surface area contributed by atoms with E-state index < -0.39 is 0 Å². The van der Waals surface area contributed by atoms with E-state index >= 15 is 0 Å². The maximum absolute atomic E-state index is 8.60. The predicted octanol–water partition coefficient (Wildman–Crippen LogP) is 0.958. The first-order valence-electron chi connectivity index (χ1n) is 4.35. The summed E-state index contributed by atoms with van der Waals surface area (Å²) in [7, 11) is 0. The molecular weight excluding hydrogens is 178 g/mol. The highest BCUT2D eigenvalue weighted by molar-refractivity contribution is 5.17. The van der Waals surface area contributed by atoms with Gasteiger partial charge in [-0.1, -0.05) is 13.3 Å². The molecule has 0 unspecified atom stereocenters. The number of hydrogen-bond acceptors (Lipinski definition) is 5. The smallest absolute Gasteiger partial charge is 0.204 e. The van der Waals surface area contributed by atoms with E-state index in [1.54, 1.807) is 12.1 Å². The van der Waals surface area contributed by atoms with Crippen LogP contribution in [0.4, 0.5) is 0 Å². The van der Waals surface area contributed by atoms with Crippen molar-refractivity contribution in [3.8, 4) is 12.1 Å². The van der Waals surface area contributed by atoms with Crippen molar-refractivity contribution < 1.29 is 0 Å². The van der Waals surface area contributed by atoms with Gasteiger partial charge in [-0.2, -0.15) is 15.5 Å². The Balaban J connectivity index is 2.95. The van der Waals surface area contributed by atoms with Crippen LogP contribution < -0.4 is 0 Å². The Labute approximate surface area is 82.1 Å². The summed E-state index contributed by atoms with van der Waals surface area (Å²) in [6, 6.07) is 3.61. The molecule has 0 saturated carbocycles. The van der Waals surface area contributed by atoms with E-state index in [9.17, 15) is 0 Å². The van der Waals surface area contributed by atoms with Crippen molar-refractivity contribution in [3.05, 3.63) is 17.5 Å². The van der Waals surface area contributed by atoms with Gasteiger partial charge in [-0.3, -0.25) is 0 Å². The van der Waals surface area contributed by atoms with Crippen LogP contribution in [0.25, 0.3) is 0 Å². The molecule has 0 bridgehead atoms. The third kappa shape index (κ3) is 2.49. The van der Waals surface area contributed by atoms with Crippen LogP contribution in [0.15, 0.2) is 0 Å². The molecule has 0 N–H and O–H groups in total. The van der Waals surface area contributed by atoms with Gasteiger partial charge in [0.25, 0.3) is 0 Å². The van der Waals surface area contributed by atoms with Gasteiger partial charge in [0.15, 0.2) is 0 Å². The molecule has 5 heteroatoms. The Morgan fingerprint density at radius 1 is 1.07 bits per heavy atom. The molecule has 0 saturated heterocycles. The molecule has 1 rings (SSSR count). The molecule has 14 heavy (non-hydrogen) atoms. The van der Waals surface area contributed by atoms with Crippen molar-refractivity contribution in [2.45, 2.75) is 26.2 Å². The molecule has 0 amide bonds. The number of nitriles is 2. The Bertz CT molecular complexity index is 366. The van der Waals surface area contributed by atoms with Crippen LogP contribution >= 0.6 is 0 Å². The average molecular weight is 187 g/mol. The quantitative estimate of drug-likeness (QED) is 0.703. The second kappa shape index (κ2) is 4.88. The fourth-order valence-corrected chi connectivity index (χ4v) is 0.966. The maximum atomic E-state index is 8.60. The first-order chi connectivity index (χ1) is 6.80. The molecule has 0 aliphatic rings. The van der Waals surface area contributed by atoms with Gasteiger partial charge in [-0.25, -0.2) is 9.97 Å². The van der Waals surface area contributed by atoms with Crippen LogP contribution in [0.1, 0.15) is 37.2 Å². The first-order valence-corrected chi connectivity index (χ1v) is 4.35. The van der Waals surface area contributed by atoms with Crippen molar-refractivity contribution in [1.29, 1.82) is 10.5 Å². The molecule has 0 atom stereocenters. The molecule has 0 spiro atoms. The minimum atomic E-state index is 0.0163. The second-order valence-electron chi connectivity index (χ2n) is 2.73. The summed E-state index contributed by atoms with van der Waals surface area (Å²) >= 11 is 0. The van der Waals surface area contributed by atoms with Crippen molar-refractivity contribution in [2.24, 2.45) is 0 Å². The van der Waals surface area contributed by atoms with Gasteiger partial charge in [0.2, 0.25) is 11.6 Å².